The molecule has 0 saturated carbocycles. The molecule has 1 fully saturated rings. The number of carboxylic acid groups (broad SMARTS) is 1. The fraction of sp³-hybridized carbons (Fsp3) is 0.600. The zero-order valence-electron chi connectivity index (χ0n) is 8.83. The molecule has 0 aromatic rings. The third-order valence-electron chi connectivity index (χ3n) is 2.74. The molecule has 16 heavy (non-hydrogen) atoms. The van der Waals surface area contributed by atoms with Gasteiger partial charge in [0.25, 0.3) is 0 Å². The number of thioether (sulfide) groups is 1. The van der Waals surface area contributed by atoms with Gasteiger partial charge in [-0.25, -0.2) is 9.59 Å². The summed E-state index contributed by atoms with van der Waals surface area (Å²) in [5, 5.41) is 8.99. The summed E-state index contributed by atoms with van der Waals surface area (Å²) in [6, 6.07) is -0.815. The molecule has 0 aliphatic carbocycles. The van der Waals surface area contributed by atoms with Crippen molar-refractivity contribution in [2.24, 2.45) is 0 Å². The van der Waals surface area contributed by atoms with E-state index in [9.17, 15) is 9.59 Å². The summed E-state index contributed by atoms with van der Waals surface area (Å²) in [5.41, 5.74) is 0. The minimum absolute atomic E-state index is 0.151. The van der Waals surface area contributed by atoms with E-state index < -0.39 is 12.0 Å². The summed E-state index contributed by atoms with van der Waals surface area (Å²) in [4.78, 5) is 26.2. The van der Waals surface area contributed by atoms with Crippen LogP contribution in [0.2, 0.25) is 0 Å². The Bertz CT molecular complexity index is 332. The van der Waals surface area contributed by atoms with Gasteiger partial charge in [0.15, 0.2) is 0 Å². The molecule has 2 amide bonds. The standard InChI is InChI=1S/C10H14N2O3S/c13-9(14)8-6-16-7-12(8)10(15)11-4-2-1-3-5-11/h1-2,8H,3-7H2,(H,13,14). The van der Waals surface area contributed by atoms with Crippen LogP contribution in [-0.2, 0) is 4.79 Å². The van der Waals surface area contributed by atoms with Gasteiger partial charge in [0.1, 0.15) is 6.04 Å². The van der Waals surface area contributed by atoms with Crippen molar-refractivity contribution in [3.63, 3.8) is 0 Å². The van der Waals surface area contributed by atoms with Gasteiger partial charge in [-0.3, -0.25) is 0 Å². The molecule has 6 heteroatoms. The third kappa shape index (κ3) is 2.16. The first-order valence-corrected chi connectivity index (χ1v) is 6.36. The van der Waals surface area contributed by atoms with Crippen molar-refractivity contribution in [2.45, 2.75) is 12.5 Å². The number of hydrogen-bond donors (Lipinski definition) is 1. The Hall–Kier alpha value is -1.17. The lowest BCUT2D eigenvalue weighted by atomic mass is 10.2. The largest absolute Gasteiger partial charge is 0.480 e. The van der Waals surface area contributed by atoms with Crippen LogP contribution in [0.25, 0.3) is 0 Å². The van der Waals surface area contributed by atoms with Gasteiger partial charge in [0.05, 0.1) is 5.88 Å². The highest BCUT2D eigenvalue weighted by atomic mass is 32.2. The topological polar surface area (TPSA) is 60.9 Å². The minimum atomic E-state index is -0.911. The zero-order valence-corrected chi connectivity index (χ0v) is 9.65. The summed E-state index contributed by atoms with van der Waals surface area (Å²) in [6.45, 7) is 1.27. The fourth-order valence-corrected chi connectivity index (χ4v) is 2.97. The first-order chi connectivity index (χ1) is 7.70. The molecule has 1 atom stereocenters. The molecule has 88 valence electrons. The number of nitrogens with zero attached hydrogens (tertiary/aromatic N) is 2. The average Bonchev–Trinajstić information content (AvgIpc) is 2.78. The summed E-state index contributed by atoms with van der Waals surface area (Å²) in [7, 11) is 0. The van der Waals surface area contributed by atoms with Crippen LogP contribution < -0.4 is 0 Å². The molecule has 2 aliphatic rings. The molecule has 2 heterocycles. The van der Waals surface area contributed by atoms with Crippen LogP contribution in [0.1, 0.15) is 6.42 Å². The molecule has 0 radical (unpaired) electrons. The fourth-order valence-electron chi connectivity index (χ4n) is 1.83. The predicted molar refractivity (Wildman–Crippen MR) is 61.3 cm³/mol. The van der Waals surface area contributed by atoms with Gasteiger partial charge < -0.3 is 14.9 Å². The van der Waals surface area contributed by atoms with Gasteiger partial charge in [-0.2, -0.15) is 0 Å². The summed E-state index contributed by atoms with van der Waals surface area (Å²) in [6.07, 6.45) is 4.84. The zero-order chi connectivity index (χ0) is 11.5. The SMILES string of the molecule is O=C(O)C1CSCN1C(=O)N1CC=CCC1. The number of rotatable bonds is 1. The molecule has 0 aromatic carbocycles. The van der Waals surface area contributed by atoms with Gasteiger partial charge in [0, 0.05) is 18.8 Å². The molecule has 1 unspecified atom stereocenters. The molecular formula is C10H14N2O3S. The van der Waals surface area contributed by atoms with E-state index in [1.807, 2.05) is 12.2 Å². The summed E-state index contributed by atoms with van der Waals surface area (Å²) >= 11 is 1.49. The second-order valence-corrected chi connectivity index (χ2v) is 4.81. The number of hydrogen-bond acceptors (Lipinski definition) is 3. The second kappa shape index (κ2) is 4.78. The Labute approximate surface area is 98.1 Å². The van der Waals surface area contributed by atoms with Crippen LogP contribution >= 0.6 is 11.8 Å². The predicted octanol–water partition coefficient (Wildman–Crippen LogP) is 0.828. The normalized spacial score (nSPS) is 24.9. The van der Waals surface area contributed by atoms with Crippen molar-refractivity contribution in [1.82, 2.24) is 9.80 Å². The van der Waals surface area contributed by atoms with Crippen LogP contribution in [-0.4, -0.2) is 57.7 Å². The Morgan fingerprint density at radius 1 is 1.38 bits per heavy atom. The van der Waals surface area contributed by atoms with Crippen molar-refractivity contribution < 1.29 is 14.7 Å². The first kappa shape index (κ1) is 11.3. The highest BCUT2D eigenvalue weighted by molar-refractivity contribution is 7.99. The van der Waals surface area contributed by atoms with Crippen LogP contribution in [0.4, 0.5) is 4.79 Å². The molecule has 5 nitrogen and oxygen atoms in total. The first-order valence-electron chi connectivity index (χ1n) is 5.21. The number of carboxylic acids is 1. The number of carbonyl (C=O) groups is 2. The maximum Gasteiger partial charge on any atom is 0.327 e. The van der Waals surface area contributed by atoms with Crippen LogP contribution in [0.5, 0.6) is 0 Å². The minimum Gasteiger partial charge on any atom is -0.480 e. The number of aliphatic carboxylic acids is 1. The van der Waals surface area contributed by atoms with Gasteiger partial charge in [-0.05, 0) is 6.42 Å². The highest BCUT2D eigenvalue weighted by Gasteiger charge is 2.36. The van der Waals surface area contributed by atoms with Crippen molar-refractivity contribution in [1.29, 1.82) is 0 Å². The molecule has 2 aliphatic heterocycles. The van der Waals surface area contributed by atoms with Gasteiger partial charge in [-0.15, -0.1) is 11.8 Å². The molecule has 0 spiro atoms. The van der Waals surface area contributed by atoms with E-state index in [0.29, 0.717) is 24.7 Å². The van der Waals surface area contributed by atoms with Gasteiger partial charge in [-0.1, -0.05) is 12.2 Å². The molecule has 0 aromatic heterocycles. The van der Waals surface area contributed by atoms with Crippen molar-refractivity contribution in [3.8, 4) is 0 Å². The second-order valence-electron chi connectivity index (χ2n) is 3.81. The third-order valence-corrected chi connectivity index (χ3v) is 3.75. The van der Waals surface area contributed by atoms with E-state index >= 15 is 0 Å². The molecular weight excluding hydrogens is 228 g/mol. The Morgan fingerprint density at radius 2 is 2.19 bits per heavy atom. The lowest BCUT2D eigenvalue weighted by molar-refractivity contribution is -0.140. The van der Waals surface area contributed by atoms with E-state index in [1.54, 1.807) is 4.90 Å². The van der Waals surface area contributed by atoms with E-state index in [4.69, 9.17) is 5.11 Å². The van der Waals surface area contributed by atoms with Crippen molar-refractivity contribution in [3.05, 3.63) is 12.2 Å². The van der Waals surface area contributed by atoms with E-state index in [0.717, 1.165) is 6.42 Å². The number of amides is 2. The number of urea groups is 1. The number of carbonyl (C=O) groups excluding carboxylic acids is 1. The highest BCUT2D eigenvalue weighted by Crippen LogP contribution is 2.23. The van der Waals surface area contributed by atoms with E-state index in [1.165, 1.54) is 16.7 Å². The van der Waals surface area contributed by atoms with Gasteiger partial charge in [0.2, 0.25) is 0 Å². The lowest BCUT2D eigenvalue weighted by Crippen LogP contribution is -2.49. The van der Waals surface area contributed by atoms with Crippen LogP contribution in [0.15, 0.2) is 12.2 Å². The monoisotopic (exact) mass is 242 g/mol. The smallest absolute Gasteiger partial charge is 0.327 e. The van der Waals surface area contributed by atoms with Crippen molar-refractivity contribution in [2.75, 3.05) is 24.7 Å². The molecule has 1 saturated heterocycles. The van der Waals surface area contributed by atoms with E-state index in [-0.39, 0.29) is 6.03 Å². The Kier molecular flexibility index (Phi) is 3.38. The molecule has 2 rings (SSSR count). The maximum atomic E-state index is 12.1. The summed E-state index contributed by atoms with van der Waals surface area (Å²) < 4.78 is 0. The van der Waals surface area contributed by atoms with Gasteiger partial charge >= 0.3 is 12.0 Å². The summed E-state index contributed by atoms with van der Waals surface area (Å²) in [5.74, 6) is 0.0618. The Morgan fingerprint density at radius 3 is 2.81 bits per heavy atom. The Balaban J connectivity index is 2.03. The average molecular weight is 242 g/mol. The van der Waals surface area contributed by atoms with E-state index in [2.05, 4.69) is 0 Å². The van der Waals surface area contributed by atoms with Crippen LogP contribution in [0, 0.1) is 0 Å². The van der Waals surface area contributed by atoms with Crippen LogP contribution in [0.3, 0.4) is 0 Å². The lowest BCUT2D eigenvalue weighted by Gasteiger charge is -2.30. The molecule has 1 N–H and O–H groups in total. The maximum absolute atomic E-state index is 12.1. The quantitative estimate of drug-likeness (QED) is 0.692. The molecule has 0 bridgehead atoms. The van der Waals surface area contributed by atoms with Crippen molar-refractivity contribution >= 4 is 23.8 Å².